The Bertz CT molecular complexity index is 359. The summed E-state index contributed by atoms with van der Waals surface area (Å²) in [6.45, 7) is 3.06. The molecule has 2 heterocycles. The predicted molar refractivity (Wildman–Crippen MR) is 78.2 cm³/mol. The van der Waals surface area contributed by atoms with Gasteiger partial charge in [-0.2, -0.15) is 0 Å². The fourth-order valence-electron chi connectivity index (χ4n) is 3.22. The summed E-state index contributed by atoms with van der Waals surface area (Å²) in [6, 6.07) is 0.140. The molecule has 2 aliphatic heterocycles. The molecule has 0 aliphatic carbocycles. The second-order valence-electron chi connectivity index (χ2n) is 6.07. The molecule has 2 rings (SSSR count). The first kappa shape index (κ1) is 16.1. The maximum atomic E-state index is 12.4. The smallest absolute Gasteiger partial charge is 0.320 e. The Morgan fingerprint density at radius 3 is 2.05 bits per heavy atom. The summed E-state index contributed by atoms with van der Waals surface area (Å²) < 4.78 is 5.33. The van der Waals surface area contributed by atoms with Gasteiger partial charge in [0.2, 0.25) is 0 Å². The molecule has 21 heavy (non-hydrogen) atoms. The third-order valence-electron chi connectivity index (χ3n) is 4.70. The lowest BCUT2D eigenvalue weighted by atomic mass is 9.92. The molecule has 0 bridgehead atoms. The quantitative estimate of drug-likeness (QED) is 0.859. The highest BCUT2D eigenvalue weighted by atomic mass is 16.5. The van der Waals surface area contributed by atoms with Crippen LogP contribution >= 0.6 is 0 Å². The summed E-state index contributed by atoms with van der Waals surface area (Å²) >= 11 is 0. The van der Waals surface area contributed by atoms with Gasteiger partial charge in [0.1, 0.15) is 0 Å². The Hall–Kier alpha value is -1.30. The number of likely N-dealkylation sites (tertiary alicyclic amines) is 2. The molecule has 0 aromatic heterocycles. The summed E-state index contributed by atoms with van der Waals surface area (Å²) in [6.07, 6.45) is 4.94. The Morgan fingerprint density at radius 2 is 1.57 bits per heavy atom. The van der Waals surface area contributed by atoms with Gasteiger partial charge in [-0.25, -0.2) is 4.79 Å². The molecule has 0 aromatic carbocycles. The third kappa shape index (κ3) is 4.59. The van der Waals surface area contributed by atoms with Gasteiger partial charge in [-0.05, 0) is 38.0 Å². The lowest BCUT2D eigenvalue weighted by Gasteiger charge is -2.38. The number of carbonyl (C=O) groups is 2. The van der Waals surface area contributed by atoms with Gasteiger partial charge in [0.05, 0.1) is 6.10 Å². The van der Waals surface area contributed by atoms with E-state index in [1.54, 1.807) is 7.11 Å². The van der Waals surface area contributed by atoms with Crippen LogP contribution in [0.3, 0.4) is 0 Å². The van der Waals surface area contributed by atoms with E-state index in [1.807, 2.05) is 9.80 Å². The average molecular weight is 298 g/mol. The summed E-state index contributed by atoms with van der Waals surface area (Å²) in [5.41, 5.74) is 0. The van der Waals surface area contributed by atoms with Crippen molar-refractivity contribution in [2.24, 2.45) is 5.92 Å². The van der Waals surface area contributed by atoms with Gasteiger partial charge in [0, 0.05) is 39.7 Å². The fourth-order valence-corrected chi connectivity index (χ4v) is 3.22. The van der Waals surface area contributed by atoms with Crippen molar-refractivity contribution >= 4 is 12.0 Å². The van der Waals surface area contributed by atoms with Crippen LogP contribution in [0.5, 0.6) is 0 Å². The van der Waals surface area contributed by atoms with E-state index < -0.39 is 5.97 Å². The van der Waals surface area contributed by atoms with Crippen molar-refractivity contribution < 1.29 is 19.4 Å². The van der Waals surface area contributed by atoms with Crippen LogP contribution in [-0.4, -0.2) is 66.3 Å². The lowest BCUT2D eigenvalue weighted by Crippen LogP contribution is -2.50. The molecule has 2 amide bonds. The van der Waals surface area contributed by atoms with E-state index in [1.165, 1.54) is 0 Å². The van der Waals surface area contributed by atoms with Crippen molar-refractivity contribution in [3.8, 4) is 0 Å². The normalized spacial score (nSPS) is 21.6. The zero-order chi connectivity index (χ0) is 15.2. The number of carboxylic acids is 1. The van der Waals surface area contributed by atoms with Gasteiger partial charge in [-0.15, -0.1) is 0 Å². The highest BCUT2D eigenvalue weighted by Gasteiger charge is 2.29. The number of amides is 2. The molecular weight excluding hydrogens is 272 g/mol. The number of aliphatic carboxylic acids is 1. The van der Waals surface area contributed by atoms with Crippen LogP contribution in [-0.2, 0) is 9.53 Å². The molecule has 6 heteroatoms. The summed E-state index contributed by atoms with van der Waals surface area (Å²) in [7, 11) is 1.73. The highest BCUT2D eigenvalue weighted by molar-refractivity contribution is 5.74. The number of hydrogen-bond donors (Lipinski definition) is 1. The monoisotopic (exact) mass is 298 g/mol. The maximum Gasteiger partial charge on any atom is 0.320 e. The van der Waals surface area contributed by atoms with Gasteiger partial charge < -0.3 is 19.6 Å². The maximum absolute atomic E-state index is 12.4. The third-order valence-corrected chi connectivity index (χ3v) is 4.70. The Labute approximate surface area is 126 Å². The number of carbonyl (C=O) groups excluding carboxylic acids is 1. The van der Waals surface area contributed by atoms with E-state index in [0.717, 1.165) is 58.3 Å². The molecule has 2 aliphatic rings. The molecule has 0 saturated carbocycles. The van der Waals surface area contributed by atoms with Crippen molar-refractivity contribution in [3.05, 3.63) is 0 Å². The van der Waals surface area contributed by atoms with Crippen LogP contribution in [0.4, 0.5) is 4.79 Å². The molecule has 0 unspecified atom stereocenters. The van der Waals surface area contributed by atoms with E-state index in [9.17, 15) is 9.59 Å². The van der Waals surface area contributed by atoms with E-state index in [2.05, 4.69) is 0 Å². The van der Waals surface area contributed by atoms with Gasteiger partial charge in [0.25, 0.3) is 0 Å². The Morgan fingerprint density at radius 1 is 1.05 bits per heavy atom. The fraction of sp³-hybridized carbons (Fsp3) is 0.867. The summed E-state index contributed by atoms with van der Waals surface area (Å²) in [5.74, 6) is -0.279. The average Bonchev–Trinajstić information content (AvgIpc) is 2.53. The van der Waals surface area contributed by atoms with Gasteiger partial charge in [0.15, 0.2) is 0 Å². The largest absolute Gasteiger partial charge is 0.481 e. The van der Waals surface area contributed by atoms with Crippen LogP contribution in [0.2, 0.25) is 0 Å². The summed E-state index contributed by atoms with van der Waals surface area (Å²) in [5, 5.41) is 8.71. The number of carboxylic acid groups (broad SMARTS) is 1. The number of methoxy groups -OCH3 is 1. The SMILES string of the molecule is COC1CCN(C(=O)N2CCC(CCC(=O)O)CC2)CC1. The van der Waals surface area contributed by atoms with E-state index in [-0.39, 0.29) is 18.6 Å². The zero-order valence-corrected chi connectivity index (χ0v) is 12.8. The Balaban J connectivity index is 1.72. The number of urea groups is 1. The van der Waals surface area contributed by atoms with Crippen LogP contribution < -0.4 is 0 Å². The van der Waals surface area contributed by atoms with Crippen LogP contribution in [0, 0.1) is 5.92 Å². The lowest BCUT2D eigenvalue weighted by molar-refractivity contribution is -0.137. The highest BCUT2D eigenvalue weighted by Crippen LogP contribution is 2.23. The second kappa shape index (κ2) is 7.64. The van der Waals surface area contributed by atoms with Crippen molar-refractivity contribution in [2.45, 2.75) is 44.6 Å². The van der Waals surface area contributed by atoms with Crippen molar-refractivity contribution in [1.82, 2.24) is 9.80 Å². The van der Waals surface area contributed by atoms with E-state index >= 15 is 0 Å². The molecule has 2 fully saturated rings. The molecule has 1 N–H and O–H groups in total. The topological polar surface area (TPSA) is 70.1 Å². The number of piperidine rings is 2. The van der Waals surface area contributed by atoms with Crippen LogP contribution in [0.1, 0.15) is 38.5 Å². The first-order valence-corrected chi connectivity index (χ1v) is 7.88. The molecule has 0 aromatic rings. The van der Waals surface area contributed by atoms with Gasteiger partial charge >= 0.3 is 12.0 Å². The van der Waals surface area contributed by atoms with E-state index in [4.69, 9.17) is 9.84 Å². The van der Waals surface area contributed by atoms with Crippen LogP contribution in [0.15, 0.2) is 0 Å². The van der Waals surface area contributed by atoms with E-state index in [0.29, 0.717) is 5.92 Å². The molecule has 0 atom stereocenters. The van der Waals surface area contributed by atoms with Gasteiger partial charge in [-0.1, -0.05) is 0 Å². The molecule has 120 valence electrons. The predicted octanol–water partition coefficient (Wildman–Crippen LogP) is 1.79. The summed E-state index contributed by atoms with van der Waals surface area (Å²) in [4.78, 5) is 26.9. The standard InChI is InChI=1S/C15H26N2O4/c1-21-13-6-10-17(11-7-13)15(20)16-8-4-12(5-9-16)2-3-14(18)19/h12-13H,2-11H2,1H3,(H,18,19). The first-order chi connectivity index (χ1) is 10.1. The first-order valence-electron chi connectivity index (χ1n) is 7.88. The van der Waals surface area contributed by atoms with Crippen molar-refractivity contribution in [3.63, 3.8) is 0 Å². The number of rotatable bonds is 4. The minimum atomic E-state index is -0.727. The molecule has 0 radical (unpaired) electrons. The second-order valence-corrected chi connectivity index (χ2v) is 6.07. The number of ether oxygens (including phenoxy) is 1. The van der Waals surface area contributed by atoms with Crippen molar-refractivity contribution in [2.75, 3.05) is 33.3 Å². The molecule has 2 saturated heterocycles. The molecular formula is C15H26N2O4. The number of nitrogens with zero attached hydrogens (tertiary/aromatic N) is 2. The molecule has 6 nitrogen and oxygen atoms in total. The Kier molecular flexibility index (Phi) is 5.85. The minimum absolute atomic E-state index is 0.140. The van der Waals surface area contributed by atoms with Crippen molar-refractivity contribution in [1.29, 1.82) is 0 Å². The minimum Gasteiger partial charge on any atom is -0.481 e. The van der Waals surface area contributed by atoms with Gasteiger partial charge in [-0.3, -0.25) is 4.79 Å². The number of hydrogen-bond acceptors (Lipinski definition) is 3. The zero-order valence-electron chi connectivity index (χ0n) is 12.8. The van der Waals surface area contributed by atoms with Crippen LogP contribution in [0.25, 0.3) is 0 Å². The molecule has 0 spiro atoms.